The molecular weight excluding hydrogens is 238 g/mol. The number of hydrogen-bond donors (Lipinski definition) is 2. The van der Waals surface area contributed by atoms with Gasteiger partial charge in [-0.2, -0.15) is 0 Å². The number of nitrogens with zero attached hydrogens (tertiary/aromatic N) is 1. The van der Waals surface area contributed by atoms with Crippen LogP contribution in [0.5, 0.6) is 0 Å². The van der Waals surface area contributed by atoms with E-state index in [9.17, 15) is 8.42 Å². The van der Waals surface area contributed by atoms with Crippen molar-refractivity contribution in [1.29, 1.82) is 0 Å². The summed E-state index contributed by atoms with van der Waals surface area (Å²) >= 11 is 0. The highest BCUT2D eigenvalue weighted by Gasteiger charge is 2.25. The molecule has 0 saturated heterocycles. The second-order valence-electron chi connectivity index (χ2n) is 4.91. The molecule has 5 nitrogen and oxygen atoms in total. The van der Waals surface area contributed by atoms with Crippen molar-refractivity contribution in [2.45, 2.75) is 38.3 Å². The lowest BCUT2D eigenvalue weighted by atomic mass is 10.1. The molecule has 0 aromatic carbocycles. The fourth-order valence-electron chi connectivity index (χ4n) is 1.38. The van der Waals surface area contributed by atoms with Crippen molar-refractivity contribution in [3.05, 3.63) is 17.8 Å². The molecular formula is C11H19N3O2S. The predicted molar refractivity (Wildman–Crippen MR) is 68.6 cm³/mol. The predicted octanol–water partition coefficient (Wildman–Crippen LogP) is 1.51. The van der Waals surface area contributed by atoms with Crippen molar-refractivity contribution in [3.8, 4) is 0 Å². The zero-order valence-electron chi connectivity index (χ0n) is 10.8. The van der Waals surface area contributed by atoms with E-state index >= 15 is 0 Å². The van der Waals surface area contributed by atoms with Gasteiger partial charge in [-0.25, -0.2) is 18.1 Å². The Morgan fingerprint density at radius 1 is 1.24 bits per heavy atom. The van der Waals surface area contributed by atoms with Gasteiger partial charge in [-0.05, 0) is 39.8 Å². The SMILES string of the molecule is CNc1ccc(C)nc1S(=O)(=O)NC(C)(C)C. The van der Waals surface area contributed by atoms with Crippen LogP contribution in [0, 0.1) is 6.92 Å². The fraction of sp³-hybridized carbons (Fsp3) is 0.545. The Labute approximate surface area is 103 Å². The van der Waals surface area contributed by atoms with E-state index in [0.29, 0.717) is 11.4 Å². The largest absolute Gasteiger partial charge is 0.386 e. The van der Waals surface area contributed by atoms with Crippen LogP contribution < -0.4 is 10.0 Å². The summed E-state index contributed by atoms with van der Waals surface area (Å²) < 4.78 is 26.9. The molecule has 0 atom stereocenters. The number of aromatic nitrogens is 1. The van der Waals surface area contributed by atoms with Crippen LogP contribution in [-0.2, 0) is 10.0 Å². The molecule has 1 aromatic heterocycles. The molecule has 0 unspecified atom stereocenters. The summed E-state index contributed by atoms with van der Waals surface area (Å²) in [5.41, 5.74) is 0.626. The van der Waals surface area contributed by atoms with E-state index in [1.54, 1.807) is 46.9 Å². The first-order valence-electron chi connectivity index (χ1n) is 5.35. The van der Waals surface area contributed by atoms with Crippen LogP contribution in [0.1, 0.15) is 26.5 Å². The van der Waals surface area contributed by atoms with Crippen LogP contribution in [0.3, 0.4) is 0 Å². The average molecular weight is 257 g/mol. The maximum atomic E-state index is 12.2. The number of pyridine rings is 1. The molecule has 2 N–H and O–H groups in total. The molecule has 0 amide bonds. The highest BCUT2D eigenvalue weighted by molar-refractivity contribution is 7.89. The molecule has 96 valence electrons. The Balaban J connectivity index is 3.28. The lowest BCUT2D eigenvalue weighted by molar-refractivity contribution is 0.489. The van der Waals surface area contributed by atoms with Crippen LogP contribution >= 0.6 is 0 Å². The lowest BCUT2D eigenvalue weighted by Crippen LogP contribution is -2.41. The van der Waals surface area contributed by atoms with Gasteiger partial charge in [0.2, 0.25) is 0 Å². The van der Waals surface area contributed by atoms with Crippen LogP contribution in [0.4, 0.5) is 5.69 Å². The number of rotatable bonds is 3. The van der Waals surface area contributed by atoms with Crippen molar-refractivity contribution in [2.24, 2.45) is 0 Å². The smallest absolute Gasteiger partial charge is 0.260 e. The first-order chi connectivity index (χ1) is 7.65. The summed E-state index contributed by atoms with van der Waals surface area (Å²) in [5.74, 6) is 0. The molecule has 6 heteroatoms. The first kappa shape index (κ1) is 13.9. The Kier molecular flexibility index (Phi) is 3.78. The zero-order valence-corrected chi connectivity index (χ0v) is 11.6. The molecule has 0 aliphatic heterocycles. The molecule has 0 saturated carbocycles. The standard InChI is InChI=1S/C11H19N3O2S/c1-8-6-7-9(12-5)10(13-8)17(15,16)14-11(2,3)4/h6-7,12,14H,1-5H3. The number of nitrogens with one attached hydrogen (secondary N) is 2. The van der Waals surface area contributed by atoms with Gasteiger partial charge in [0.25, 0.3) is 10.0 Å². The van der Waals surface area contributed by atoms with Gasteiger partial charge >= 0.3 is 0 Å². The second-order valence-corrected chi connectivity index (χ2v) is 6.51. The topological polar surface area (TPSA) is 71.1 Å². The highest BCUT2D eigenvalue weighted by Crippen LogP contribution is 2.20. The van der Waals surface area contributed by atoms with E-state index in [1.807, 2.05) is 0 Å². The van der Waals surface area contributed by atoms with Gasteiger partial charge in [-0.3, -0.25) is 0 Å². The summed E-state index contributed by atoms with van der Waals surface area (Å²) in [4.78, 5) is 4.09. The molecule has 0 radical (unpaired) electrons. The molecule has 0 aliphatic rings. The summed E-state index contributed by atoms with van der Waals surface area (Å²) in [6, 6.07) is 3.47. The second kappa shape index (κ2) is 4.62. The first-order valence-corrected chi connectivity index (χ1v) is 6.83. The third kappa shape index (κ3) is 3.67. The minimum absolute atomic E-state index is 0.0370. The minimum atomic E-state index is -3.61. The Morgan fingerprint density at radius 3 is 2.29 bits per heavy atom. The lowest BCUT2D eigenvalue weighted by Gasteiger charge is -2.21. The summed E-state index contributed by atoms with van der Waals surface area (Å²) in [7, 11) is -1.94. The number of anilines is 1. The summed E-state index contributed by atoms with van der Waals surface area (Å²) in [6.07, 6.45) is 0. The van der Waals surface area contributed by atoms with E-state index in [-0.39, 0.29) is 5.03 Å². The molecule has 1 aromatic rings. The Morgan fingerprint density at radius 2 is 1.82 bits per heavy atom. The van der Waals surface area contributed by atoms with E-state index < -0.39 is 15.6 Å². The Bertz CT molecular complexity index is 504. The van der Waals surface area contributed by atoms with Gasteiger partial charge in [0.1, 0.15) is 0 Å². The van der Waals surface area contributed by atoms with E-state index in [0.717, 1.165) is 0 Å². The molecule has 1 heterocycles. The quantitative estimate of drug-likeness (QED) is 0.861. The average Bonchev–Trinajstić information content (AvgIpc) is 2.14. The monoisotopic (exact) mass is 257 g/mol. The van der Waals surface area contributed by atoms with Gasteiger partial charge in [-0.1, -0.05) is 0 Å². The van der Waals surface area contributed by atoms with Gasteiger partial charge in [0, 0.05) is 18.3 Å². The van der Waals surface area contributed by atoms with E-state index in [2.05, 4.69) is 15.0 Å². The summed E-state index contributed by atoms with van der Waals surface area (Å²) in [6.45, 7) is 7.13. The highest BCUT2D eigenvalue weighted by atomic mass is 32.2. The number of aryl methyl sites for hydroxylation is 1. The van der Waals surface area contributed by atoms with Crippen molar-refractivity contribution in [3.63, 3.8) is 0 Å². The third-order valence-electron chi connectivity index (χ3n) is 1.96. The van der Waals surface area contributed by atoms with Crippen molar-refractivity contribution >= 4 is 15.7 Å². The summed E-state index contributed by atoms with van der Waals surface area (Å²) in [5, 5.41) is 2.87. The van der Waals surface area contributed by atoms with Gasteiger partial charge in [0.15, 0.2) is 5.03 Å². The van der Waals surface area contributed by atoms with Crippen molar-refractivity contribution in [1.82, 2.24) is 9.71 Å². The van der Waals surface area contributed by atoms with Crippen LogP contribution in [0.15, 0.2) is 17.2 Å². The van der Waals surface area contributed by atoms with E-state index in [1.165, 1.54) is 0 Å². The maximum Gasteiger partial charge on any atom is 0.260 e. The van der Waals surface area contributed by atoms with E-state index in [4.69, 9.17) is 0 Å². The third-order valence-corrected chi connectivity index (χ3v) is 3.67. The zero-order chi connectivity index (χ0) is 13.3. The van der Waals surface area contributed by atoms with Crippen molar-refractivity contribution in [2.75, 3.05) is 12.4 Å². The number of hydrogen-bond acceptors (Lipinski definition) is 4. The van der Waals surface area contributed by atoms with Gasteiger partial charge < -0.3 is 5.32 Å². The van der Waals surface area contributed by atoms with Gasteiger partial charge in [-0.15, -0.1) is 0 Å². The molecule has 0 bridgehead atoms. The number of sulfonamides is 1. The van der Waals surface area contributed by atoms with Gasteiger partial charge in [0.05, 0.1) is 5.69 Å². The van der Waals surface area contributed by atoms with Crippen LogP contribution in [-0.4, -0.2) is 26.0 Å². The van der Waals surface area contributed by atoms with Crippen molar-refractivity contribution < 1.29 is 8.42 Å². The van der Waals surface area contributed by atoms with Crippen LogP contribution in [0.2, 0.25) is 0 Å². The molecule has 17 heavy (non-hydrogen) atoms. The minimum Gasteiger partial charge on any atom is -0.386 e. The fourth-order valence-corrected chi connectivity index (χ4v) is 3.01. The normalized spacial score (nSPS) is 12.5. The van der Waals surface area contributed by atoms with Crippen LogP contribution in [0.25, 0.3) is 0 Å². The molecule has 1 rings (SSSR count). The maximum absolute atomic E-state index is 12.2. The Hall–Kier alpha value is -1.14. The molecule has 0 spiro atoms. The molecule has 0 aliphatic carbocycles. The molecule has 0 fully saturated rings.